The van der Waals surface area contributed by atoms with E-state index in [0.717, 1.165) is 0 Å². The molecule has 6 heteroatoms. The molecule has 104 valence electrons. The van der Waals surface area contributed by atoms with Crippen molar-refractivity contribution in [2.24, 2.45) is 0 Å². The van der Waals surface area contributed by atoms with Gasteiger partial charge in [0, 0.05) is 11.8 Å². The molecule has 0 saturated carbocycles. The molecule has 0 spiro atoms. The molecule has 0 saturated heterocycles. The molecule has 0 radical (unpaired) electrons. The van der Waals surface area contributed by atoms with Crippen molar-refractivity contribution in [1.82, 2.24) is 4.98 Å². The number of carbonyl (C=O) groups is 1. The maximum atomic E-state index is 11.9. The number of nitrogen functional groups attached to an aromatic ring is 1. The molecule has 0 atom stereocenters. The molecule has 0 aliphatic carbocycles. The zero-order valence-electron chi connectivity index (χ0n) is 10.9. The van der Waals surface area contributed by atoms with E-state index in [4.69, 9.17) is 22.1 Å². The van der Waals surface area contributed by atoms with Crippen LogP contribution in [0.25, 0.3) is 0 Å². The fraction of sp³-hybridized carbons (Fsp3) is 0.143. The summed E-state index contributed by atoms with van der Waals surface area (Å²) in [7, 11) is 1.55. The van der Waals surface area contributed by atoms with E-state index in [9.17, 15) is 4.79 Å². The summed E-state index contributed by atoms with van der Waals surface area (Å²) in [5.74, 6) is 0.410. The molecule has 20 heavy (non-hydrogen) atoms. The molecule has 0 aliphatic rings. The lowest BCUT2D eigenvalue weighted by atomic mass is 10.2. The van der Waals surface area contributed by atoms with E-state index >= 15 is 0 Å². The summed E-state index contributed by atoms with van der Waals surface area (Å²) < 4.78 is 5.09. The molecule has 5 nitrogen and oxygen atoms in total. The Morgan fingerprint density at radius 2 is 2.20 bits per heavy atom. The number of carbonyl (C=O) groups excluding carboxylic acids is 1. The summed E-state index contributed by atoms with van der Waals surface area (Å²) in [5.41, 5.74) is 7.24. The van der Waals surface area contributed by atoms with Gasteiger partial charge in [0.05, 0.1) is 36.1 Å². The van der Waals surface area contributed by atoms with Gasteiger partial charge in [-0.2, -0.15) is 0 Å². The van der Waals surface area contributed by atoms with Crippen molar-refractivity contribution >= 4 is 28.9 Å². The van der Waals surface area contributed by atoms with Crippen LogP contribution in [-0.2, 0) is 11.2 Å². The zero-order valence-corrected chi connectivity index (χ0v) is 11.6. The highest BCUT2D eigenvalue weighted by atomic mass is 35.5. The van der Waals surface area contributed by atoms with E-state index in [2.05, 4.69) is 10.3 Å². The first-order chi connectivity index (χ1) is 9.58. The maximum absolute atomic E-state index is 11.9. The molecule has 3 N–H and O–H groups in total. The third kappa shape index (κ3) is 3.61. The van der Waals surface area contributed by atoms with Crippen LogP contribution in [0.4, 0.5) is 11.4 Å². The molecule has 0 bridgehead atoms. The molecular formula is C14H14ClN3O2. The van der Waals surface area contributed by atoms with Crippen molar-refractivity contribution in [3.05, 3.63) is 47.2 Å². The standard InChI is InChI=1S/C14H14ClN3O2/c1-20-11-4-5-12(15)13(7-11)18-14(19)6-10-3-2-9(16)8-17-10/h2-5,7-8H,6,16H2,1H3,(H,18,19). The molecule has 0 fully saturated rings. The number of nitrogens with two attached hydrogens (primary N) is 1. The van der Waals surface area contributed by atoms with Gasteiger partial charge < -0.3 is 15.8 Å². The number of nitrogens with one attached hydrogen (secondary N) is 1. The normalized spacial score (nSPS) is 10.1. The van der Waals surface area contributed by atoms with Crippen molar-refractivity contribution in [2.75, 3.05) is 18.2 Å². The van der Waals surface area contributed by atoms with Gasteiger partial charge in [-0.05, 0) is 24.3 Å². The van der Waals surface area contributed by atoms with Gasteiger partial charge in [-0.1, -0.05) is 11.6 Å². The molecule has 1 amide bonds. The van der Waals surface area contributed by atoms with Gasteiger partial charge in [0.15, 0.2) is 0 Å². The van der Waals surface area contributed by atoms with Crippen LogP contribution in [0.5, 0.6) is 5.75 Å². The van der Waals surface area contributed by atoms with Crippen LogP contribution in [0.2, 0.25) is 5.02 Å². The number of benzene rings is 1. The number of ether oxygens (including phenoxy) is 1. The Labute approximate surface area is 121 Å². The van der Waals surface area contributed by atoms with E-state index in [1.165, 1.54) is 6.20 Å². The summed E-state index contributed by atoms with van der Waals surface area (Å²) >= 11 is 6.02. The minimum absolute atomic E-state index is 0.147. The molecule has 1 aromatic carbocycles. The second kappa shape index (κ2) is 6.25. The summed E-state index contributed by atoms with van der Waals surface area (Å²) in [6, 6.07) is 8.46. The molecule has 0 unspecified atom stereocenters. The molecular weight excluding hydrogens is 278 g/mol. The minimum Gasteiger partial charge on any atom is -0.497 e. The highest BCUT2D eigenvalue weighted by Crippen LogP contribution is 2.26. The van der Waals surface area contributed by atoms with Gasteiger partial charge in [0.25, 0.3) is 0 Å². The number of aromatic nitrogens is 1. The average molecular weight is 292 g/mol. The van der Waals surface area contributed by atoms with E-state index in [-0.39, 0.29) is 12.3 Å². The first kappa shape index (κ1) is 14.1. The van der Waals surface area contributed by atoms with Crippen molar-refractivity contribution in [3.8, 4) is 5.75 Å². The zero-order chi connectivity index (χ0) is 14.5. The summed E-state index contributed by atoms with van der Waals surface area (Å²) in [5, 5.41) is 3.17. The molecule has 2 rings (SSSR count). The first-order valence-electron chi connectivity index (χ1n) is 5.92. The number of nitrogens with zero attached hydrogens (tertiary/aromatic N) is 1. The topological polar surface area (TPSA) is 77.2 Å². The Bertz CT molecular complexity index is 614. The van der Waals surface area contributed by atoms with Crippen molar-refractivity contribution in [2.45, 2.75) is 6.42 Å². The number of halogens is 1. The van der Waals surface area contributed by atoms with Gasteiger partial charge in [-0.25, -0.2) is 0 Å². The predicted octanol–water partition coefficient (Wildman–Crippen LogP) is 2.51. The second-order valence-electron chi connectivity index (χ2n) is 4.15. The Morgan fingerprint density at radius 1 is 1.40 bits per heavy atom. The van der Waals surface area contributed by atoms with Gasteiger partial charge in [-0.3, -0.25) is 9.78 Å². The van der Waals surface area contributed by atoms with Crippen LogP contribution < -0.4 is 15.8 Å². The summed E-state index contributed by atoms with van der Waals surface area (Å²) in [6.07, 6.45) is 1.66. The number of hydrogen-bond donors (Lipinski definition) is 2. The number of rotatable bonds is 4. The highest BCUT2D eigenvalue weighted by molar-refractivity contribution is 6.33. The fourth-order valence-corrected chi connectivity index (χ4v) is 1.79. The van der Waals surface area contributed by atoms with Crippen LogP contribution in [0.1, 0.15) is 5.69 Å². The van der Waals surface area contributed by atoms with E-state index < -0.39 is 0 Å². The van der Waals surface area contributed by atoms with E-state index in [1.807, 2.05) is 0 Å². The third-order valence-electron chi connectivity index (χ3n) is 2.64. The number of pyridine rings is 1. The number of methoxy groups -OCH3 is 1. The lowest BCUT2D eigenvalue weighted by molar-refractivity contribution is -0.115. The lowest BCUT2D eigenvalue weighted by Crippen LogP contribution is -2.15. The van der Waals surface area contributed by atoms with Crippen LogP contribution in [0.3, 0.4) is 0 Å². The van der Waals surface area contributed by atoms with Crippen molar-refractivity contribution in [1.29, 1.82) is 0 Å². The SMILES string of the molecule is COc1ccc(Cl)c(NC(=O)Cc2ccc(N)cn2)c1. The summed E-state index contributed by atoms with van der Waals surface area (Å²) in [6.45, 7) is 0. The highest BCUT2D eigenvalue weighted by Gasteiger charge is 2.09. The Balaban J connectivity index is 2.06. The second-order valence-corrected chi connectivity index (χ2v) is 4.56. The first-order valence-corrected chi connectivity index (χ1v) is 6.30. The van der Waals surface area contributed by atoms with E-state index in [0.29, 0.717) is 27.8 Å². The average Bonchev–Trinajstić information content (AvgIpc) is 2.44. The Kier molecular flexibility index (Phi) is 4.42. The summed E-state index contributed by atoms with van der Waals surface area (Å²) in [4.78, 5) is 16.0. The quantitative estimate of drug-likeness (QED) is 0.907. The Hall–Kier alpha value is -2.27. The van der Waals surface area contributed by atoms with Gasteiger partial charge in [-0.15, -0.1) is 0 Å². The molecule has 1 heterocycles. The smallest absolute Gasteiger partial charge is 0.230 e. The minimum atomic E-state index is -0.211. The van der Waals surface area contributed by atoms with E-state index in [1.54, 1.807) is 37.4 Å². The Morgan fingerprint density at radius 3 is 2.85 bits per heavy atom. The lowest BCUT2D eigenvalue weighted by Gasteiger charge is -2.09. The maximum Gasteiger partial charge on any atom is 0.230 e. The molecule has 1 aromatic heterocycles. The van der Waals surface area contributed by atoms with Crippen LogP contribution in [0, 0.1) is 0 Å². The van der Waals surface area contributed by atoms with Crippen LogP contribution in [0.15, 0.2) is 36.5 Å². The van der Waals surface area contributed by atoms with Crippen molar-refractivity contribution in [3.63, 3.8) is 0 Å². The largest absolute Gasteiger partial charge is 0.497 e. The van der Waals surface area contributed by atoms with Gasteiger partial charge in [0.1, 0.15) is 5.75 Å². The van der Waals surface area contributed by atoms with Crippen LogP contribution >= 0.6 is 11.6 Å². The molecule has 2 aromatic rings. The van der Waals surface area contributed by atoms with Gasteiger partial charge in [0.2, 0.25) is 5.91 Å². The third-order valence-corrected chi connectivity index (χ3v) is 2.97. The van der Waals surface area contributed by atoms with Gasteiger partial charge >= 0.3 is 0 Å². The molecule has 0 aliphatic heterocycles. The predicted molar refractivity (Wildman–Crippen MR) is 79.0 cm³/mol. The monoisotopic (exact) mass is 291 g/mol. The number of amides is 1. The number of anilines is 2. The number of hydrogen-bond acceptors (Lipinski definition) is 4. The van der Waals surface area contributed by atoms with Crippen molar-refractivity contribution < 1.29 is 9.53 Å². The van der Waals surface area contributed by atoms with Crippen LogP contribution in [-0.4, -0.2) is 18.0 Å². The fourth-order valence-electron chi connectivity index (χ4n) is 1.63.